The van der Waals surface area contributed by atoms with Gasteiger partial charge in [-0.1, -0.05) is 35.5 Å². The van der Waals surface area contributed by atoms with Gasteiger partial charge in [-0.15, -0.1) is 0 Å². The van der Waals surface area contributed by atoms with Crippen molar-refractivity contribution in [1.82, 2.24) is 0 Å². The van der Waals surface area contributed by atoms with Gasteiger partial charge in [0, 0.05) is 6.42 Å². The summed E-state index contributed by atoms with van der Waals surface area (Å²) in [5, 5.41) is 3.81. The molecule has 0 saturated heterocycles. The molecule has 1 aliphatic carbocycles. The van der Waals surface area contributed by atoms with Crippen LogP contribution in [0.5, 0.6) is 0 Å². The van der Waals surface area contributed by atoms with Crippen LogP contribution in [-0.4, -0.2) is 18.2 Å². The van der Waals surface area contributed by atoms with Crippen molar-refractivity contribution in [1.29, 1.82) is 0 Å². The van der Waals surface area contributed by atoms with E-state index in [1.54, 1.807) is 6.21 Å². The van der Waals surface area contributed by atoms with E-state index in [1.165, 1.54) is 0 Å². The minimum atomic E-state index is -2.61. The van der Waals surface area contributed by atoms with Crippen molar-refractivity contribution in [3.63, 3.8) is 0 Å². The highest BCUT2D eigenvalue weighted by Crippen LogP contribution is 2.33. The van der Waals surface area contributed by atoms with Gasteiger partial charge in [-0.25, -0.2) is 8.78 Å². The lowest BCUT2D eigenvalue weighted by molar-refractivity contribution is -0.0617. The number of oxime groups is 1. The van der Waals surface area contributed by atoms with Crippen molar-refractivity contribution in [3.05, 3.63) is 35.9 Å². The van der Waals surface area contributed by atoms with Crippen LogP contribution in [-0.2, 0) is 4.84 Å². The molecule has 2 nitrogen and oxygen atoms in total. The number of rotatable bonds is 3. The van der Waals surface area contributed by atoms with Gasteiger partial charge in [0.15, 0.2) is 0 Å². The van der Waals surface area contributed by atoms with Gasteiger partial charge < -0.3 is 4.84 Å². The van der Waals surface area contributed by atoms with Crippen LogP contribution < -0.4 is 0 Å². The van der Waals surface area contributed by atoms with E-state index >= 15 is 0 Å². The highest BCUT2D eigenvalue weighted by atomic mass is 19.3. The topological polar surface area (TPSA) is 21.6 Å². The lowest BCUT2D eigenvalue weighted by atomic mass is 10.1. The number of nitrogens with zero attached hydrogens (tertiary/aromatic N) is 1. The van der Waals surface area contributed by atoms with Crippen LogP contribution in [0.3, 0.4) is 0 Å². The smallest absolute Gasteiger partial charge is 0.251 e. The monoisotopic (exact) mass is 253 g/mol. The summed E-state index contributed by atoms with van der Waals surface area (Å²) in [7, 11) is 0. The van der Waals surface area contributed by atoms with Gasteiger partial charge >= 0.3 is 0 Å². The minimum Gasteiger partial charge on any atom is -0.392 e. The molecule has 4 heteroatoms. The summed E-state index contributed by atoms with van der Waals surface area (Å²) in [6, 6.07) is 9.45. The summed E-state index contributed by atoms with van der Waals surface area (Å²) in [6.07, 6.45) is 2.83. The fraction of sp³-hybridized carbons (Fsp3) is 0.500. The maximum atomic E-state index is 13.3. The minimum absolute atomic E-state index is 0.0325. The molecule has 0 aromatic heterocycles. The summed E-state index contributed by atoms with van der Waals surface area (Å²) < 4.78 is 26.7. The van der Waals surface area contributed by atoms with Crippen LogP contribution in [0.2, 0.25) is 0 Å². The van der Waals surface area contributed by atoms with Crippen LogP contribution >= 0.6 is 0 Å². The van der Waals surface area contributed by atoms with Crippen LogP contribution in [0.15, 0.2) is 35.5 Å². The normalized spacial score (nSPS) is 23.8. The van der Waals surface area contributed by atoms with Crippen molar-refractivity contribution < 1.29 is 13.6 Å². The third-order valence-corrected chi connectivity index (χ3v) is 3.06. The Kier molecular flexibility index (Phi) is 4.28. The van der Waals surface area contributed by atoms with Gasteiger partial charge in [-0.2, -0.15) is 0 Å². The molecular weight excluding hydrogens is 236 g/mol. The number of hydrogen-bond acceptors (Lipinski definition) is 2. The fourth-order valence-corrected chi connectivity index (χ4v) is 2.10. The Morgan fingerprint density at radius 1 is 1.22 bits per heavy atom. The van der Waals surface area contributed by atoms with Crippen LogP contribution in [0.1, 0.15) is 37.7 Å². The third-order valence-electron chi connectivity index (χ3n) is 3.06. The quantitative estimate of drug-likeness (QED) is 0.453. The van der Waals surface area contributed by atoms with Gasteiger partial charge in [0.25, 0.3) is 5.92 Å². The largest absolute Gasteiger partial charge is 0.392 e. The zero-order valence-electron chi connectivity index (χ0n) is 10.2. The molecule has 98 valence electrons. The molecule has 1 aromatic carbocycles. The maximum Gasteiger partial charge on any atom is 0.251 e. The van der Waals surface area contributed by atoms with E-state index in [2.05, 4.69) is 5.16 Å². The van der Waals surface area contributed by atoms with Crippen molar-refractivity contribution in [2.24, 2.45) is 5.16 Å². The molecule has 1 saturated carbocycles. The van der Waals surface area contributed by atoms with E-state index in [9.17, 15) is 8.78 Å². The maximum absolute atomic E-state index is 13.3. The first-order chi connectivity index (χ1) is 8.66. The van der Waals surface area contributed by atoms with E-state index in [4.69, 9.17) is 4.84 Å². The van der Waals surface area contributed by atoms with Gasteiger partial charge in [0.2, 0.25) is 0 Å². The van der Waals surface area contributed by atoms with Crippen molar-refractivity contribution in [2.45, 2.75) is 44.1 Å². The van der Waals surface area contributed by atoms with Gasteiger partial charge in [0.1, 0.15) is 6.10 Å². The summed E-state index contributed by atoms with van der Waals surface area (Å²) in [5.41, 5.74) is 0.901. The standard InChI is InChI=1S/C14H17F2NO/c15-14(16)9-5-4-8-13(10-14)18-17-11-12-6-2-1-3-7-12/h1-3,6-7,11,13H,4-5,8-10H2/b17-11+. The fourth-order valence-electron chi connectivity index (χ4n) is 2.10. The van der Waals surface area contributed by atoms with Crippen LogP contribution in [0.4, 0.5) is 8.78 Å². The molecule has 0 N–H and O–H groups in total. The van der Waals surface area contributed by atoms with E-state index in [0.717, 1.165) is 12.0 Å². The van der Waals surface area contributed by atoms with E-state index < -0.39 is 12.0 Å². The Hall–Kier alpha value is -1.45. The molecule has 1 aliphatic rings. The Morgan fingerprint density at radius 2 is 2.00 bits per heavy atom. The number of hydrogen-bond donors (Lipinski definition) is 0. The van der Waals surface area contributed by atoms with E-state index in [0.29, 0.717) is 12.8 Å². The average molecular weight is 253 g/mol. The highest BCUT2D eigenvalue weighted by molar-refractivity contribution is 5.78. The number of alkyl halides is 2. The molecule has 1 aromatic rings. The molecular formula is C14H17F2NO. The first-order valence-electron chi connectivity index (χ1n) is 6.28. The van der Waals surface area contributed by atoms with Crippen molar-refractivity contribution in [2.75, 3.05) is 0 Å². The highest BCUT2D eigenvalue weighted by Gasteiger charge is 2.35. The van der Waals surface area contributed by atoms with Gasteiger partial charge in [0.05, 0.1) is 12.6 Å². The van der Waals surface area contributed by atoms with Crippen LogP contribution in [0.25, 0.3) is 0 Å². The van der Waals surface area contributed by atoms with E-state index in [-0.39, 0.29) is 12.8 Å². The summed E-state index contributed by atoms with van der Waals surface area (Å²) in [4.78, 5) is 5.19. The second kappa shape index (κ2) is 5.94. The molecule has 0 aliphatic heterocycles. The summed E-state index contributed by atoms with van der Waals surface area (Å²) >= 11 is 0. The van der Waals surface area contributed by atoms with Crippen molar-refractivity contribution >= 4 is 6.21 Å². The van der Waals surface area contributed by atoms with Crippen molar-refractivity contribution in [3.8, 4) is 0 Å². The third kappa shape index (κ3) is 4.09. The zero-order valence-corrected chi connectivity index (χ0v) is 10.2. The zero-order chi connectivity index (χ0) is 12.8. The SMILES string of the molecule is FC1(F)CCCCC(O/N=C/c2ccccc2)C1. The second-order valence-corrected chi connectivity index (χ2v) is 4.68. The predicted molar refractivity (Wildman–Crippen MR) is 66.9 cm³/mol. The molecule has 18 heavy (non-hydrogen) atoms. The Labute approximate surface area is 106 Å². The first-order valence-corrected chi connectivity index (χ1v) is 6.28. The molecule has 2 rings (SSSR count). The molecule has 0 amide bonds. The van der Waals surface area contributed by atoms with Crippen LogP contribution in [0, 0.1) is 0 Å². The Morgan fingerprint density at radius 3 is 2.78 bits per heavy atom. The molecule has 0 spiro atoms. The molecule has 1 atom stereocenters. The lowest BCUT2D eigenvalue weighted by Gasteiger charge is -2.17. The molecule has 1 unspecified atom stereocenters. The molecule has 0 radical (unpaired) electrons. The van der Waals surface area contributed by atoms with Gasteiger partial charge in [-0.3, -0.25) is 0 Å². The molecule has 0 bridgehead atoms. The average Bonchev–Trinajstić information content (AvgIpc) is 2.51. The van der Waals surface area contributed by atoms with Gasteiger partial charge in [-0.05, 0) is 24.8 Å². The van der Waals surface area contributed by atoms with E-state index in [1.807, 2.05) is 30.3 Å². The Bertz CT molecular complexity index is 392. The predicted octanol–water partition coefficient (Wildman–Crippen LogP) is 4.01. The summed E-state index contributed by atoms with van der Waals surface area (Å²) in [5.74, 6) is -2.61. The molecule has 1 fully saturated rings. The first kappa shape index (κ1) is 13.0. The number of benzene rings is 1. The Balaban J connectivity index is 1.87. The second-order valence-electron chi connectivity index (χ2n) is 4.68. The summed E-state index contributed by atoms with van der Waals surface area (Å²) in [6.45, 7) is 0. The number of halogens is 2. The molecule has 0 heterocycles. The lowest BCUT2D eigenvalue weighted by Crippen LogP contribution is -2.22.